The molecule has 0 spiro atoms. The third kappa shape index (κ3) is 3.13. The number of methoxy groups -OCH3 is 1. The van der Waals surface area contributed by atoms with E-state index in [1.54, 1.807) is 11.3 Å². The van der Waals surface area contributed by atoms with E-state index in [1.807, 2.05) is 25.1 Å². The van der Waals surface area contributed by atoms with Crippen molar-refractivity contribution in [1.82, 2.24) is 4.98 Å². The molecule has 2 rings (SSSR count). The van der Waals surface area contributed by atoms with E-state index in [0.29, 0.717) is 5.92 Å². The standard InChI is InChI=1S/C15H19NO2S/c1-9(2)7-14-16-12-8-11(5-6-13(12)19-14)10(3)15(17)18-4/h5-6,8-10H,7H2,1-4H3. The van der Waals surface area contributed by atoms with E-state index in [4.69, 9.17) is 4.74 Å². The van der Waals surface area contributed by atoms with Gasteiger partial charge in [0.2, 0.25) is 0 Å². The number of thiazole rings is 1. The minimum Gasteiger partial charge on any atom is -0.469 e. The van der Waals surface area contributed by atoms with Crippen molar-refractivity contribution < 1.29 is 9.53 Å². The van der Waals surface area contributed by atoms with E-state index in [2.05, 4.69) is 18.8 Å². The second kappa shape index (κ2) is 5.70. The summed E-state index contributed by atoms with van der Waals surface area (Å²) in [5, 5.41) is 1.16. The van der Waals surface area contributed by atoms with E-state index in [1.165, 1.54) is 11.8 Å². The van der Waals surface area contributed by atoms with Crippen LogP contribution < -0.4 is 0 Å². The molecule has 19 heavy (non-hydrogen) atoms. The Morgan fingerprint density at radius 2 is 2.11 bits per heavy atom. The zero-order valence-corrected chi connectivity index (χ0v) is 12.6. The number of carbonyl (C=O) groups is 1. The monoisotopic (exact) mass is 277 g/mol. The molecule has 2 aromatic rings. The first-order chi connectivity index (χ1) is 9.01. The van der Waals surface area contributed by atoms with Gasteiger partial charge in [-0.25, -0.2) is 4.98 Å². The van der Waals surface area contributed by atoms with Gasteiger partial charge in [0.1, 0.15) is 0 Å². The molecule has 102 valence electrons. The summed E-state index contributed by atoms with van der Waals surface area (Å²) in [6.07, 6.45) is 1.00. The molecule has 1 unspecified atom stereocenters. The normalized spacial score (nSPS) is 12.9. The maximum Gasteiger partial charge on any atom is 0.312 e. The topological polar surface area (TPSA) is 39.2 Å². The number of aromatic nitrogens is 1. The number of hydrogen-bond acceptors (Lipinski definition) is 4. The van der Waals surface area contributed by atoms with Crippen LogP contribution >= 0.6 is 11.3 Å². The third-order valence-corrected chi connectivity index (χ3v) is 4.15. The zero-order chi connectivity index (χ0) is 14.0. The van der Waals surface area contributed by atoms with Crippen molar-refractivity contribution >= 4 is 27.5 Å². The Morgan fingerprint density at radius 3 is 2.74 bits per heavy atom. The molecule has 0 saturated heterocycles. The van der Waals surface area contributed by atoms with Crippen LogP contribution in [0.3, 0.4) is 0 Å². The van der Waals surface area contributed by atoms with Gasteiger partial charge in [0.25, 0.3) is 0 Å². The first-order valence-electron chi connectivity index (χ1n) is 6.48. The number of benzene rings is 1. The van der Waals surface area contributed by atoms with Crippen molar-refractivity contribution in [3.63, 3.8) is 0 Å². The summed E-state index contributed by atoms with van der Waals surface area (Å²) in [5.74, 6) is 0.149. The Bertz CT molecular complexity index is 589. The lowest BCUT2D eigenvalue weighted by Crippen LogP contribution is -2.10. The average molecular weight is 277 g/mol. The quantitative estimate of drug-likeness (QED) is 0.799. The number of esters is 1. The van der Waals surface area contributed by atoms with Crippen LogP contribution in [0.4, 0.5) is 0 Å². The van der Waals surface area contributed by atoms with Gasteiger partial charge in [-0.15, -0.1) is 11.3 Å². The maximum absolute atomic E-state index is 11.6. The van der Waals surface area contributed by atoms with Crippen molar-refractivity contribution in [1.29, 1.82) is 0 Å². The molecular weight excluding hydrogens is 258 g/mol. The van der Waals surface area contributed by atoms with E-state index in [-0.39, 0.29) is 11.9 Å². The van der Waals surface area contributed by atoms with Crippen LogP contribution in [0.2, 0.25) is 0 Å². The number of carbonyl (C=O) groups excluding carboxylic acids is 1. The van der Waals surface area contributed by atoms with Crippen LogP contribution in [0.5, 0.6) is 0 Å². The number of hydrogen-bond donors (Lipinski definition) is 0. The van der Waals surface area contributed by atoms with Gasteiger partial charge in [0.05, 0.1) is 28.3 Å². The molecule has 0 radical (unpaired) electrons. The Labute approximate surface area is 117 Å². The van der Waals surface area contributed by atoms with Crippen LogP contribution in [0.25, 0.3) is 10.2 Å². The van der Waals surface area contributed by atoms with Crippen molar-refractivity contribution in [2.75, 3.05) is 7.11 Å². The summed E-state index contributed by atoms with van der Waals surface area (Å²) in [6, 6.07) is 6.03. The van der Waals surface area contributed by atoms with Crippen molar-refractivity contribution in [3.05, 3.63) is 28.8 Å². The Kier molecular flexibility index (Phi) is 4.20. The van der Waals surface area contributed by atoms with Crippen molar-refractivity contribution in [3.8, 4) is 0 Å². The van der Waals surface area contributed by atoms with Crippen molar-refractivity contribution in [2.24, 2.45) is 5.92 Å². The fourth-order valence-electron chi connectivity index (χ4n) is 2.01. The smallest absolute Gasteiger partial charge is 0.312 e. The van der Waals surface area contributed by atoms with Gasteiger partial charge in [0.15, 0.2) is 0 Å². The van der Waals surface area contributed by atoms with Crippen LogP contribution in [0.15, 0.2) is 18.2 Å². The van der Waals surface area contributed by atoms with E-state index >= 15 is 0 Å². The SMILES string of the molecule is COC(=O)C(C)c1ccc2sc(CC(C)C)nc2c1. The summed E-state index contributed by atoms with van der Waals surface area (Å²) < 4.78 is 5.96. The lowest BCUT2D eigenvalue weighted by Gasteiger charge is -2.08. The first kappa shape index (κ1) is 14.0. The zero-order valence-electron chi connectivity index (χ0n) is 11.8. The number of ether oxygens (including phenoxy) is 1. The highest BCUT2D eigenvalue weighted by Crippen LogP contribution is 2.27. The highest BCUT2D eigenvalue weighted by Gasteiger charge is 2.16. The fourth-order valence-corrected chi connectivity index (χ4v) is 3.17. The molecule has 4 heteroatoms. The molecule has 0 fully saturated rings. The van der Waals surface area contributed by atoms with Gasteiger partial charge in [-0.1, -0.05) is 19.9 Å². The minimum absolute atomic E-state index is 0.211. The lowest BCUT2D eigenvalue weighted by atomic mass is 10.0. The van der Waals surface area contributed by atoms with Gasteiger partial charge in [0, 0.05) is 6.42 Å². The molecule has 0 saturated carbocycles. The molecule has 1 atom stereocenters. The van der Waals surface area contributed by atoms with Crippen LogP contribution in [0.1, 0.15) is 37.3 Å². The van der Waals surface area contributed by atoms with Crippen LogP contribution in [-0.2, 0) is 16.0 Å². The van der Waals surface area contributed by atoms with Gasteiger partial charge >= 0.3 is 5.97 Å². The molecule has 0 aliphatic carbocycles. The van der Waals surface area contributed by atoms with Gasteiger partial charge in [-0.05, 0) is 30.5 Å². The lowest BCUT2D eigenvalue weighted by molar-refractivity contribution is -0.141. The number of fused-ring (bicyclic) bond motifs is 1. The first-order valence-corrected chi connectivity index (χ1v) is 7.30. The van der Waals surface area contributed by atoms with Gasteiger partial charge in [-0.3, -0.25) is 4.79 Å². The molecule has 1 aromatic carbocycles. The van der Waals surface area contributed by atoms with Gasteiger partial charge in [-0.2, -0.15) is 0 Å². The van der Waals surface area contributed by atoms with E-state index < -0.39 is 0 Å². The molecule has 3 nitrogen and oxygen atoms in total. The van der Waals surface area contributed by atoms with Crippen molar-refractivity contribution in [2.45, 2.75) is 33.1 Å². The molecular formula is C15H19NO2S. The van der Waals surface area contributed by atoms with E-state index in [9.17, 15) is 4.79 Å². The Balaban J connectivity index is 2.32. The summed E-state index contributed by atoms with van der Waals surface area (Å²) in [7, 11) is 1.42. The van der Waals surface area contributed by atoms with Gasteiger partial charge < -0.3 is 4.74 Å². The summed E-state index contributed by atoms with van der Waals surface area (Å²) in [4.78, 5) is 16.2. The molecule has 1 heterocycles. The number of rotatable bonds is 4. The molecule has 0 N–H and O–H groups in total. The molecule has 1 aromatic heterocycles. The highest BCUT2D eigenvalue weighted by atomic mass is 32.1. The van der Waals surface area contributed by atoms with E-state index in [0.717, 1.165) is 22.5 Å². The highest BCUT2D eigenvalue weighted by molar-refractivity contribution is 7.18. The predicted octanol–water partition coefficient (Wildman–Crippen LogP) is 3.77. The molecule has 0 aliphatic rings. The second-order valence-electron chi connectivity index (χ2n) is 5.18. The largest absolute Gasteiger partial charge is 0.469 e. The summed E-state index contributed by atoms with van der Waals surface area (Å²) >= 11 is 1.73. The maximum atomic E-state index is 11.6. The Hall–Kier alpha value is -1.42. The number of nitrogens with zero attached hydrogens (tertiary/aromatic N) is 1. The summed E-state index contributed by atoms with van der Waals surface area (Å²) in [6.45, 7) is 6.24. The second-order valence-corrected chi connectivity index (χ2v) is 6.29. The summed E-state index contributed by atoms with van der Waals surface area (Å²) in [5.41, 5.74) is 1.94. The van der Waals surface area contributed by atoms with Crippen LogP contribution in [-0.4, -0.2) is 18.1 Å². The fraction of sp³-hybridized carbons (Fsp3) is 0.467. The molecule has 0 bridgehead atoms. The average Bonchev–Trinajstić information content (AvgIpc) is 2.76. The van der Waals surface area contributed by atoms with Crippen LogP contribution in [0, 0.1) is 5.92 Å². The molecule has 0 amide bonds. The molecule has 0 aliphatic heterocycles. The predicted molar refractivity (Wildman–Crippen MR) is 78.6 cm³/mol. The Morgan fingerprint density at radius 1 is 1.37 bits per heavy atom. The third-order valence-electron chi connectivity index (χ3n) is 3.09. The minimum atomic E-state index is -0.246.